The highest BCUT2D eigenvalue weighted by Gasteiger charge is 2.57. The second-order valence-electron chi connectivity index (χ2n) is 6.85. The van der Waals surface area contributed by atoms with Gasteiger partial charge in [0.1, 0.15) is 6.29 Å². The van der Waals surface area contributed by atoms with Crippen molar-refractivity contribution in [3.63, 3.8) is 0 Å². The van der Waals surface area contributed by atoms with E-state index < -0.39 is 5.41 Å². The lowest BCUT2D eigenvalue weighted by atomic mass is 9.68. The maximum Gasteiger partial charge on any atom is 0.236 e. The standard InChI is InChI=1S/C21H19NO2/c1-13-7-9-15(10-8-13)19-16(12-23)14(2)11-21(19)17-5-3-4-6-18(17)22-20(21)24/h3-10,12,19H,11H2,1-2H3,(H,22,24)/t19-,21-/m0/s1. The largest absolute Gasteiger partial charge is 0.325 e. The molecule has 1 aliphatic heterocycles. The maximum absolute atomic E-state index is 13.1. The van der Waals surface area contributed by atoms with Gasteiger partial charge in [-0.25, -0.2) is 0 Å². The van der Waals surface area contributed by atoms with Crippen LogP contribution in [-0.4, -0.2) is 12.2 Å². The predicted octanol–water partition coefficient (Wildman–Crippen LogP) is 3.89. The summed E-state index contributed by atoms with van der Waals surface area (Å²) in [5.41, 5.74) is 5.07. The molecule has 120 valence electrons. The average molecular weight is 317 g/mol. The fraction of sp³-hybridized carbons (Fsp3) is 0.238. The molecule has 1 heterocycles. The molecule has 1 N–H and O–H groups in total. The Kier molecular flexibility index (Phi) is 3.20. The van der Waals surface area contributed by atoms with Crippen molar-refractivity contribution in [1.82, 2.24) is 0 Å². The summed E-state index contributed by atoms with van der Waals surface area (Å²) >= 11 is 0. The molecule has 0 unspecified atom stereocenters. The number of hydrogen-bond donors (Lipinski definition) is 1. The van der Waals surface area contributed by atoms with Gasteiger partial charge in [-0.3, -0.25) is 9.59 Å². The summed E-state index contributed by atoms with van der Waals surface area (Å²) in [6.07, 6.45) is 1.52. The Balaban J connectivity index is 1.97. The van der Waals surface area contributed by atoms with Crippen molar-refractivity contribution in [3.05, 3.63) is 76.4 Å². The first-order valence-corrected chi connectivity index (χ1v) is 8.20. The van der Waals surface area contributed by atoms with Gasteiger partial charge in [0.15, 0.2) is 0 Å². The third-order valence-electron chi connectivity index (χ3n) is 5.44. The molecule has 24 heavy (non-hydrogen) atoms. The summed E-state index contributed by atoms with van der Waals surface area (Å²) in [5, 5.41) is 3.02. The van der Waals surface area contributed by atoms with E-state index in [2.05, 4.69) is 5.32 Å². The van der Waals surface area contributed by atoms with Crippen molar-refractivity contribution in [2.24, 2.45) is 0 Å². The molecule has 1 aliphatic carbocycles. The summed E-state index contributed by atoms with van der Waals surface area (Å²) in [6.45, 7) is 4.00. The molecule has 0 radical (unpaired) electrons. The lowest BCUT2D eigenvalue weighted by Crippen LogP contribution is -2.38. The molecular weight excluding hydrogens is 298 g/mol. The van der Waals surface area contributed by atoms with Gasteiger partial charge in [0, 0.05) is 11.6 Å². The second kappa shape index (κ2) is 5.17. The Bertz CT molecular complexity index is 879. The SMILES string of the molecule is CC1=C(C=O)[C@H](c2ccc(C)cc2)[C@@]2(C1)C(=O)Nc1ccccc12. The van der Waals surface area contributed by atoms with Crippen LogP contribution in [0, 0.1) is 6.92 Å². The molecule has 0 fully saturated rings. The molecule has 3 heteroatoms. The first-order valence-electron chi connectivity index (χ1n) is 8.20. The van der Waals surface area contributed by atoms with Crippen LogP contribution in [0.3, 0.4) is 0 Å². The minimum atomic E-state index is -0.716. The molecule has 1 amide bonds. The Morgan fingerprint density at radius 1 is 1.08 bits per heavy atom. The highest BCUT2D eigenvalue weighted by atomic mass is 16.2. The quantitative estimate of drug-likeness (QED) is 0.854. The van der Waals surface area contributed by atoms with Crippen molar-refractivity contribution >= 4 is 17.9 Å². The van der Waals surface area contributed by atoms with Crippen LogP contribution < -0.4 is 5.32 Å². The van der Waals surface area contributed by atoms with E-state index in [-0.39, 0.29) is 11.8 Å². The van der Waals surface area contributed by atoms with E-state index in [0.717, 1.165) is 39.8 Å². The van der Waals surface area contributed by atoms with Gasteiger partial charge in [-0.2, -0.15) is 0 Å². The van der Waals surface area contributed by atoms with Gasteiger partial charge in [-0.05, 0) is 43.0 Å². The number of rotatable bonds is 2. The highest BCUT2D eigenvalue weighted by molar-refractivity contribution is 6.09. The van der Waals surface area contributed by atoms with Crippen molar-refractivity contribution < 1.29 is 9.59 Å². The molecule has 4 rings (SSSR count). The number of para-hydroxylation sites is 1. The van der Waals surface area contributed by atoms with Crippen LogP contribution in [-0.2, 0) is 15.0 Å². The fourth-order valence-corrected chi connectivity index (χ4v) is 4.33. The number of anilines is 1. The Morgan fingerprint density at radius 3 is 2.50 bits per heavy atom. The van der Waals surface area contributed by atoms with Gasteiger partial charge in [0.25, 0.3) is 0 Å². The van der Waals surface area contributed by atoms with Crippen LogP contribution in [0.5, 0.6) is 0 Å². The topological polar surface area (TPSA) is 46.2 Å². The smallest absolute Gasteiger partial charge is 0.236 e. The molecule has 2 aromatic carbocycles. The number of aldehydes is 1. The number of aryl methyl sites for hydroxylation is 1. The fourth-order valence-electron chi connectivity index (χ4n) is 4.33. The van der Waals surface area contributed by atoms with Crippen LogP contribution in [0.15, 0.2) is 59.7 Å². The number of allylic oxidation sites excluding steroid dienone is 2. The van der Waals surface area contributed by atoms with E-state index in [9.17, 15) is 9.59 Å². The molecule has 1 spiro atoms. The van der Waals surface area contributed by atoms with Gasteiger partial charge in [0.05, 0.1) is 5.41 Å². The summed E-state index contributed by atoms with van der Waals surface area (Å²) < 4.78 is 0. The maximum atomic E-state index is 13.1. The number of benzene rings is 2. The van der Waals surface area contributed by atoms with Crippen molar-refractivity contribution in [2.75, 3.05) is 5.32 Å². The van der Waals surface area contributed by atoms with E-state index in [0.29, 0.717) is 6.42 Å². The lowest BCUT2D eigenvalue weighted by Gasteiger charge is -2.31. The van der Waals surface area contributed by atoms with E-state index in [1.54, 1.807) is 0 Å². The first kappa shape index (κ1) is 14.9. The molecular formula is C21H19NO2. The third-order valence-corrected chi connectivity index (χ3v) is 5.44. The number of carbonyl (C=O) groups is 2. The van der Waals surface area contributed by atoms with E-state index in [4.69, 9.17) is 0 Å². The summed E-state index contributed by atoms with van der Waals surface area (Å²) in [4.78, 5) is 24.9. The van der Waals surface area contributed by atoms with E-state index in [1.807, 2.05) is 62.4 Å². The number of fused-ring (bicyclic) bond motifs is 2. The zero-order valence-corrected chi connectivity index (χ0v) is 13.8. The Hall–Kier alpha value is -2.68. The minimum absolute atomic E-state index is 0.00882. The summed E-state index contributed by atoms with van der Waals surface area (Å²) in [7, 11) is 0. The number of nitrogens with one attached hydrogen (secondary N) is 1. The molecule has 3 nitrogen and oxygen atoms in total. The normalized spacial score (nSPS) is 25.1. The molecule has 2 aliphatic rings. The molecule has 0 saturated heterocycles. The van der Waals surface area contributed by atoms with E-state index in [1.165, 1.54) is 0 Å². The molecule has 0 aromatic heterocycles. The summed E-state index contributed by atoms with van der Waals surface area (Å²) in [6, 6.07) is 16.0. The number of carbonyl (C=O) groups excluding carboxylic acids is 2. The predicted molar refractivity (Wildman–Crippen MR) is 94.1 cm³/mol. The molecule has 0 bridgehead atoms. The van der Waals surface area contributed by atoms with Gasteiger partial charge in [0.2, 0.25) is 5.91 Å². The van der Waals surface area contributed by atoms with Gasteiger partial charge in [-0.1, -0.05) is 53.6 Å². The minimum Gasteiger partial charge on any atom is -0.325 e. The van der Waals surface area contributed by atoms with Crippen LogP contribution >= 0.6 is 0 Å². The molecule has 0 saturated carbocycles. The number of amides is 1. The van der Waals surface area contributed by atoms with Crippen LogP contribution in [0.2, 0.25) is 0 Å². The average Bonchev–Trinajstić information content (AvgIpc) is 3.03. The molecule has 2 aromatic rings. The second-order valence-corrected chi connectivity index (χ2v) is 6.85. The Labute approximate surface area is 141 Å². The van der Waals surface area contributed by atoms with Crippen molar-refractivity contribution in [1.29, 1.82) is 0 Å². The van der Waals surface area contributed by atoms with Crippen molar-refractivity contribution in [3.8, 4) is 0 Å². The number of hydrogen-bond acceptors (Lipinski definition) is 2. The van der Waals surface area contributed by atoms with E-state index >= 15 is 0 Å². The van der Waals surface area contributed by atoms with Crippen LogP contribution in [0.4, 0.5) is 5.69 Å². The van der Waals surface area contributed by atoms with Crippen molar-refractivity contribution in [2.45, 2.75) is 31.6 Å². The lowest BCUT2D eigenvalue weighted by molar-refractivity contribution is -0.121. The highest BCUT2D eigenvalue weighted by Crippen LogP contribution is 2.57. The van der Waals surface area contributed by atoms with Gasteiger partial charge in [-0.15, -0.1) is 0 Å². The zero-order valence-electron chi connectivity index (χ0n) is 13.8. The van der Waals surface area contributed by atoms with Crippen LogP contribution in [0.25, 0.3) is 0 Å². The molecule has 2 atom stereocenters. The third kappa shape index (κ3) is 1.84. The van der Waals surface area contributed by atoms with Crippen LogP contribution in [0.1, 0.15) is 36.0 Å². The van der Waals surface area contributed by atoms with Gasteiger partial charge >= 0.3 is 0 Å². The van der Waals surface area contributed by atoms with Gasteiger partial charge < -0.3 is 5.32 Å². The zero-order chi connectivity index (χ0) is 16.9. The summed E-state index contributed by atoms with van der Waals surface area (Å²) in [5.74, 6) is -0.246. The monoisotopic (exact) mass is 317 g/mol. The Morgan fingerprint density at radius 2 is 1.79 bits per heavy atom. The first-order chi connectivity index (χ1) is 11.6.